The Morgan fingerprint density at radius 1 is 1.07 bits per heavy atom. The zero-order chi connectivity index (χ0) is 9.97. The molecular formula is C14H26. The van der Waals surface area contributed by atoms with Crippen LogP contribution in [0.25, 0.3) is 0 Å². The Morgan fingerprint density at radius 3 is 2.64 bits per heavy atom. The highest BCUT2D eigenvalue weighted by atomic mass is 14.4. The maximum Gasteiger partial charge on any atom is -0.0383 e. The van der Waals surface area contributed by atoms with Gasteiger partial charge in [-0.3, -0.25) is 0 Å². The SMILES string of the molecule is CCCC(C)C1CCC2CCCC2C1. The van der Waals surface area contributed by atoms with E-state index in [1.807, 2.05) is 0 Å². The summed E-state index contributed by atoms with van der Waals surface area (Å²) in [5.41, 5.74) is 0. The Bertz CT molecular complexity index is 173. The minimum Gasteiger partial charge on any atom is -0.0654 e. The van der Waals surface area contributed by atoms with Crippen LogP contribution in [0.1, 0.15) is 65.2 Å². The van der Waals surface area contributed by atoms with Crippen molar-refractivity contribution < 1.29 is 0 Å². The van der Waals surface area contributed by atoms with Gasteiger partial charge in [0.15, 0.2) is 0 Å². The summed E-state index contributed by atoms with van der Waals surface area (Å²) < 4.78 is 0. The van der Waals surface area contributed by atoms with E-state index in [2.05, 4.69) is 13.8 Å². The lowest BCUT2D eigenvalue weighted by Gasteiger charge is -2.35. The molecule has 2 aliphatic rings. The largest absolute Gasteiger partial charge is 0.0654 e. The standard InChI is InChI=1S/C14H26/c1-3-5-11(2)13-9-8-12-6-4-7-14(12)10-13/h11-14H,3-10H2,1-2H3. The molecule has 0 spiro atoms. The average Bonchev–Trinajstić information content (AvgIpc) is 2.64. The molecule has 0 saturated heterocycles. The van der Waals surface area contributed by atoms with Crippen molar-refractivity contribution in [3.63, 3.8) is 0 Å². The summed E-state index contributed by atoms with van der Waals surface area (Å²) >= 11 is 0. The van der Waals surface area contributed by atoms with Crippen molar-refractivity contribution in [3.05, 3.63) is 0 Å². The first kappa shape index (κ1) is 10.5. The zero-order valence-corrected chi connectivity index (χ0v) is 9.97. The van der Waals surface area contributed by atoms with Crippen LogP contribution in [-0.2, 0) is 0 Å². The van der Waals surface area contributed by atoms with E-state index in [9.17, 15) is 0 Å². The lowest BCUT2D eigenvalue weighted by Crippen LogP contribution is -2.24. The molecule has 2 aliphatic carbocycles. The highest BCUT2D eigenvalue weighted by Gasteiger charge is 2.35. The van der Waals surface area contributed by atoms with Gasteiger partial charge in [0, 0.05) is 0 Å². The predicted molar refractivity (Wildman–Crippen MR) is 62.2 cm³/mol. The molecule has 0 amide bonds. The minimum atomic E-state index is 1.00. The lowest BCUT2D eigenvalue weighted by molar-refractivity contribution is 0.158. The maximum atomic E-state index is 2.49. The molecule has 0 N–H and O–H groups in total. The summed E-state index contributed by atoms with van der Waals surface area (Å²) in [7, 11) is 0. The van der Waals surface area contributed by atoms with Crippen LogP contribution in [0.2, 0.25) is 0 Å². The van der Waals surface area contributed by atoms with E-state index in [1.165, 1.54) is 19.3 Å². The molecule has 0 aliphatic heterocycles. The summed E-state index contributed by atoms with van der Waals surface area (Å²) in [6.45, 7) is 4.82. The summed E-state index contributed by atoms with van der Waals surface area (Å²) in [4.78, 5) is 0. The number of hydrogen-bond donors (Lipinski definition) is 0. The topological polar surface area (TPSA) is 0 Å². The second-order valence-corrected chi connectivity index (χ2v) is 5.79. The van der Waals surface area contributed by atoms with E-state index >= 15 is 0 Å². The summed E-state index contributed by atoms with van der Waals surface area (Å²) in [5, 5.41) is 0. The molecule has 0 heteroatoms. The van der Waals surface area contributed by atoms with Crippen LogP contribution in [0.15, 0.2) is 0 Å². The normalized spacial score (nSPS) is 39.4. The van der Waals surface area contributed by atoms with Crippen LogP contribution in [0.4, 0.5) is 0 Å². The van der Waals surface area contributed by atoms with Gasteiger partial charge in [-0.15, -0.1) is 0 Å². The van der Waals surface area contributed by atoms with Crippen molar-refractivity contribution in [1.29, 1.82) is 0 Å². The van der Waals surface area contributed by atoms with Gasteiger partial charge in [-0.2, -0.15) is 0 Å². The van der Waals surface area contributed by atoms with Gasteiger partial charge in [0.1, 0.15) is 0 Å². The van der Waals surface area contributed by atoms with Gasteiger partial charge in [-0.25, -0.2) is 0 Å². The first-order valence-electron chi connectivity index (χ1n) is 6.81. The van der Waals surface area contributed by atoms with Gasteiger partial charge in [0.25, 0.3) is 0 Å². The quantitative estimate of drug-likeness (QED) is 0.614. The van der Waals surface area contributed by atoms with Gasteiger partial charge in [-0.1, -0.05) is 46.0 Å². The van der Waals surface area contributed by atoms with Crippen molar-refractivity contribution in [3.8, 4) is 0 Å². The molecule has 0 aromatic carbocycles. The molecule has 14 heavy (non-hydrogen) atoms. The number of fused-ring (bicyclic) bond motifs is 1. The Hall–Kier alpha value is 0. The maximum absolute atomic E-state index is 2.49. The van der Waals surface area contributed by atoms with E-state index in [-0.39, 0.29) is 0 Å². The Labute approximate surface area is 89.5 Å². The van der Waals surface area contributed by atoms with Crippen molar-refractivity contribution in [1.82, 2.24) is 0 Å². The van der Waals surface area contributed by atoms with Crippen molar-refractivity contribution >= 4 is 0 Å². The van der Waals surface area contributed by atoms with E-state index in [4.69, 9.17) is 0 Å². The van der Waals surface area contributed by atoms with Gasteiger partial charge in [0.2, 0.25) is 0 Å². The van der Waals surface area contributed by atoms with Crippen LogP contribution in [0.5, 0.6) is 0 Å². The third-order valence-electron chi connectivity index (χ3n) is 4.88. The fourth-order valence-corrected chi connectivity index (χ4v) is 3.95. The second kappa shape index (κ2) is 4.68. The third-order valence-corrected chi connectivity index (χ3v) is 4.88. The van der Waals surface area contributed by atoms with Crippen molar-refractivity contribution in [2.45, 2.75) is 65.2 Å². The fourth-order valence-electron chi connectivity index (χ4n) is 3.95. The molecule has 2 rings (SSSR count). The molecule has 0 radical (unpaired) electrons. The minimum absolute atomic E-state index is 1.00. The first-order valence-corrected chi connectivity index (χ1v) is 6.81. The molecule has 2 fully saturated rings. The summed E-state index contributed by atoms with van der Waals surface area (Å²) in [5.74, 6) is 4.35. The van der Waals surface area contributed by atoms with Crippen LogP contribution >= 0.6 is 0 Å². The van der Waals surface area contributed by atoms with E-state index in [0.29, 0.717) is 0 Å². The molecule has 0 heterocycles. The van der Waals surface area contributed by atoms with Crippen LogP contribution in [0.3, 0.4) is 0 Å². The molecule has 82 valence electrons. The van der Waals surface area contributed by atoms with Gasteiger partial charge < -0.3 is 0 Å². The van der Waals surface area contributed by atoms with Crippen molar-refractivity contribution in [2.24, 2.45) is 23.7 Å². The highest BCUT2D eigenvalue weighted by Crippen LogP contribution is 2.46. The third kappa shape index (κ3) is 2.15. The van der Waals surface area contributed by atoms with Gasteiger partial charge in [0.05, 0.1) is 0 Å². The first-order chi connectivity index (χ1) is 6.81. The number of rotatable bonds is 3. The number of hydrogen-bond acceptors (Lipinski definition) is 0. The monoisotopic (exact) mass is 194 g/mol. The Balaban J connectivity index is 1.84. The van der Waals surface area contributed by atoms with E-state index < -0.39 is 0 Å². The van der Waals surface area contributed by atoms with Crippen LogP contribution in [0, 0.1) is 23.7 Å². The second-order valence-electron chi connectivity index (χ2n) is 5.79. The molecule has 0 nitrogen and oxygen atoms in total. The van der Waals surface area contributed by atoms with E-state index in [0.717, 1.165) is 23.7 Å². The summed E-state index contributed by atoms with van der Waals surface area (Å²) in [6.07, 6.45) is 12.2. The van der Waals surface area contributed by atoms with Crippen molar-refractivity contribution in [2.75, 3.05) is 0 Å². The average molecular weight is 194 g/mol. The summed E-state index contributed by atoms with van der Waals surface area (Å²) in [6, 6.07) is 0. The molecule has 0 aromatic heterocycles. The Kier molecular flexibility index (Phi) is 3.52. The lowest BCUT2D eigenvalue weighted by atomic mass is 9.71. The molecule has 4 atom stereocenters. The van der Waals surface area contributed by atoms with Crippen LogP contribution in [-0.4, -0.2) is 0 Å². The van der Waals surface area contributed by atoms with Gasteiger partial charge in [-0.05, 0) is 42.9 Å². The fraction of sp³-hybridized carbons (Fsp3) is 1.00. The molecular weight excluding hydrogens is 168 g/mol. The van der Waals surface area contributed by atoms with Crippen LogP contribution < -0.4 is 0 Å². The molecule has 2 saturated carbocycles. The smallest absolute Gasteiger partial charge is 0.0383 e. The molecule has 4 unspecified atom stereocenters. The Morgan fingerprint density at radius 2 is 1.86 bits per heavy atom. The molecule has 0 aromatic rings. The predicted octanol–water partition coefficient (Wildman–Crippen LogP) is 4.64. The molecule has 0 bridgehead atoms. The highest BCUT2D eigenvalue weighted by molar-refractivity contribution is 4.86. The van der Waals surface area contributed by atoms with Gasteiger partial charge >= 0.3 is 0 Å². The van der Waals surface area contributed by atoms with E-state index in [1.54, 1.807) is 32.1 Å². The zero-order valence-electron chi connectivity index (χ0n) is 9.97.